The first-order valence-corrected chi connectivity index (χ1v) is 6.22. The molecule has 7 heteroatoms. The number of carbonyl (C=O) groups excluding carboxylic acids is 2. The third kappa shape index (κ3) is 13.4. The summed E-state index contributed by atoms with van der Waals surface area (Å²) in [7, 11) is 0. The molecule has 0 rings (SSSR count). The van der Waals surface area contributed by atoms with Gasteiger partial charge in [0.25, 0.3) is 0 Å². The maximum absolute atomic E-state index is 9.70. The van der Waals surface area contributed by atoms with Crippen LogP contribution >= 0.6 is 24.1 Å². The van der Waals surface area contributed by atoms with E-state index in [0.29, 0.717) is 13.1 Å². The molecule has 0 aliphatic rings. The third-order valence-corrected chi connectivity index (χ3v) is 2.90. The van der Waals surface area contributed by atoms with Crippen molar-refractivity contribution in [1.82, 2.24) is 0 Å². The largest absolute Gasteiger partial charge is 0.247 e. The molecule has 0 N–H and O–H groups in total. The molecule has 0 amide bonds. The second kappa shape index (κ2) is 13.4. The predicted molar refractivity (Wildman–Crippen MR) is 61.2 cm³/mol. The van der Waals surface area contributed by atoms with Crippen LogP contribution < -0.4 is 0 Å². The van der Waals surface area contributed by atoms with Crippen LogP contribution in [-0.4, -0.2) is 36.8 Å². The van der Waals surface area contributed by atoms with Gasteiger partial charge in [-0.15, -0.1) is 0 Å². The summed E-state index contributed by atoms with van der Waals surface area (Å²) in [6, 6.07) is 0. The summed E-state index contributed by atoms with van der Waals surface area (Å²) >= 11 is 2.67. The summed E-state index contributed by atoms with van der Waals surface area (Å²) in [5.74, 6) is 1.59. The fourth-order valence-corrected chi connectivity index (χ4v) is 1.91. The van der Waals surface area contributed by atoms with Gasteiger partial charge in [-0.3, -0.25) is 0 Å². The smallest absolute Gasteiger partial charge is 0.234 e. The van der Waals surface area contributed by atoms with Crippen molar-refractivity contribution < 1.29 is 13.2 Å². The van der Waals surface area contributed by atoms with Crippen molar-refractivity contribution in [3.63, 3.8) is 0 Å². The Balaban J connectivity index is 2.98. The maximum Gasteiger partial charge on any atom is 0.234 e. The van der Waals surface area contributed by atoms with Crippen molar-refractivity contribution in [2.75, 3.05) is 24.6 Å². The second-order valence-corrected chi connectivity index (χ2v) is 4.20. The van der Waals surface area contributed by atoms with Crippen LogP contribution in [0.2, 0.25) is 0 Å². The summed E-state index contributed by atoms with van der Waals surface area (Å²) in [6.07, 6.45) is 4.56. The summed E-state index contributed by atoms with van der Waals surface area (Å²) in [4.78, 5) is 26.2. The molecule has 0 unspecified atom stereocenters. The van der Waals surface area contributed by atoms with Crippen molar-refractivity contribution in [3.05, 3.63) is 0 Å². The lowest BCUT2D eigenvalue weighted by Crippen LogP contribution is -1.86. The normalized spacial score (nSPS) is 9.07. The number of rotatable bonds is 10. The highest BCUT2D eigenvalue weighted by Crippen LogP contribution is 2.16. The van der Waals surface area contributed by atoms with E-state index in [2.05, 4.69) is 9.98 Å². The van der Waals surface area contributed by atoms with Gasteiger partial charge in [0.2, 0.25) is 12.2 Å². The summed E-state index contributed by atoms with van der Waals surface area (Å²) in [5, 5.41) is 0. The van der Waals surface area contributed by atoms with E-state index >= 15 is 0 Å². The topological polar surface area (TPSA) is 68.1 Å². The fraction of sp³-hybridized carbons (Fsp3) is 0.750. The van der Waals surface area contributed by atoms with Gasteiger partial charge in [0.1, 0.15) is 0 Å². The Bertz CT molecular complexity index is 214. The van der Waals surface area contributed by atoms with E-state index in [-0.39, 0.29) is 0 Å². The molecule has 0 aliphatic carbocycles. The van der Waals surface area contributed by atoms with Crippen LogP contribution in [0.4, 0.5) is 0 Å². The lowest BCUT2D eigenvalue weighted by Gasteiger charge is -1.98. The molecule has 0 aromatic carbocycles. The molecular weight excluding hydrogens is 236 g/mol. The van der Waals surface area contributed by atoms with Gasteiger partial charge in [-0.1, -0.05) is 0 Å². The van der Waals surface area contributed by atoms with Gasteiger partial charge in [-0.05, 0) is 12.8 Å². The number of hydrogen-bond acceptors (Lipinski definition) is 7. The lowest BCUT2D eigenvalue weighted by atomic mass is 10.5. The Morgan fingerprint density at radius 3 is 1.80 bits per heavy atom. The van der Waals surface area contributed by atoms with Crippen molar-refractivity contribution in [2.45, 2.75) is 12.8 Å². The Morgan fingerprint density at radius 2 is 1.40 bits per heavy atom. The molecule has 0 saturated carbocycles. The van der Waals surface area contributed by atoms with Crippen LogP contribution in [0, 0.1) is 0 Å². The molecule has 84 valence electrons. The Hall–Kier alpha value is -0.580. The number of aliphatic imine (C=N–C) groups is 2. The molecule has 0 atom stereocenters. The average Bonchev–Trinajstić information content (AvgIpc) is 2.26. The molecule has 0 aliphatic heterocycles. The summed E-state index contributed by atoms with van der Waals surface area (Å²) in [5.41, 5.74) is 0. The second-order valence-electron chi connectivity index (χ2n) is 2.37. The molecule has 0 saturated heterocycles. The van der Waals surface area contributed by atoms with Gasteiger partial charge in [0.15, 0.2) is 0 Å². The van der Waals surface area contributed by atoms with Crippen molar-refractivity contribution in [3.8, 4) is 0 Å². The van der Waals surface area contributed by atoms with Gasteiger partial charge in [0, 0.05) is 35.6 Å². The molecule has 15 heavy (non-hydrogen) atoms. The number of isocyanates is 2. The van der Waals surface area contributed by atoms with Crippen LogP contribution in [-0.2, 0) is 13.2 Å². The van der Waals surface area contributed by atoms with Gasteiger partial charge in [-0.25, -0.2) is 23.2 Å². The van der Waals surface area contributed by atoms with Crippen LogP contribution in [0.3, 0.4) is 0 Å². The van der Waals surface area contributed by atoms with E-state index in [1.54, 1.807) is 0 Å². The first-order valence-electron chi connectivity index (χ1n) is 4.40. The van der Waals surface area contributed by atoms with Crippen molar-refractivity contribution >= 4 is 36.2 Å². The highest BCUT2D eigenvalue weighted by Gasteiger charge is 1.92. The molecule has 0 bridgehead atoms. The molecule has 0 spiro atoms. The first-order chi connectivity index (χ1) is 7.41. The van der Waals surface area contributed by atoms with E-state index < -0.39 is 0 Å². The van der Waals surface area contributed by atoms with Crippen LogP contribution in [0.5, 0.6) is 0 Å². The average molecular weight is 248 g/mol. The van der Waals surface area contributed by atoms with Crippen molar-refractivity contribution in [2.24, 2.45) is 9.98 Å². The molecule has 0 heterocycles. The van der Waals surface area contributed by atoms with Crippen LogP contribution in [0.1, 0.15) is 12.8 Å². The van der Waals surface area contributed by atoms with Gasteiger partial charge in [-0.2, -0.15) is 0 Å². The van der Waals surface area contributed by atoms with E-state index in [4.69, 9.17) is 3.63 Å². The summed E-state index contributed by atoms with van der Waals surface area (Å²) < 4.78 is 5.15. The monoisotopic (exact) mass is 248 g/mol. The van der Waals surface area contributed by atoms with Crippen molar-refractivity contribution in [1.29, 1.82) is 0 Å². The van der Waals surface area contributed by atoms with Gasteiger partial charge < -0.3 is 0 Å². The highest BCUT2D eigenvalue weighted by atomic mass is 32.2. The Morgan fingerprint density at radius 1 is 0.933 bits per heavy atom. The van der Waals surface area contributed by atoms with Crippen LogP contribution in [0.15, 0.2) is 9.98 Å². The SMILES string of the molecule is O=C=NCCCSOSCCCN=C=O. The summed E-state index contributed by atoms with van der Waals surface area (Å²) in [6.45, 7) is 0.997. The van der Waals surface area contributed by atoms with Gasteiger partial charge in [0.05, 0.1) is 13.1 Å². The predicted octanol–water partition coefficient (Wildman–Crippen LogP) is 1.75. The molecule has 5 nitrogen and oxygen atoms in total. The fourth-order valence-electron chi connectivity index (χ4n) is 0.598. The first kappa shape index (κ1) is 14.4. The minimum atomic E-state index is 0.499. The Labute approximate surface area is 97.2 Å². The molecular formula is C8H12N2O3S2. The van der Waals surface area contributed by atoms with Gasteiger partial charge >= 0.3 is 0 Å². The number of hydrogen-bond donors (Lipinski definition) is 0. The van der Waals surface area contributed by atoms with E-state index in [0.717, 1.165) is 24.3 Å². The minimum Gasteiger partial charge on any atom is -0.247 e. The molecule has 0 aromatic rings. The molecule has 0 fully saturated rings. The zero-order valence-corrected chi connectivity index (χ0v) is 9.81. The van der Waals surface area contributed by atoms with E-state index in [1.807, 2.05) is 0 Å². The lowest BCUT2D eigenvalue weighted by molar-refractivity contribution is 0.562. The van der Waals surface area contributed by atoms with E-state index in [1.165, 1.54) is 36.2 Å². The van der Waals surface area contributed by atoms with Crippen LogP contribution in [0.25, 0.3) is 0 Å². The molecule has 0 aromatic heterocycles. The number of nitrogens with zero attached hydrogens (tertiary/aromatic N) is 2. The zero-order valence-electron chi connectivity index (χ0n) is 8.18. The Kier molecular flexibility index (Phi) is 12.9. The quantitative estimate of drug-likeness (QED) is 0.255. The minimum absolute atomic E-state index is 0.499. The molecule has 0 radical (unpaired) electrons. The van der Waals surface area contributed by atoms with E-state index in [9.17, 15) is 9.59 Å². The maximum atomic E-state index is 9.70. The highest BCUT2D eigenvalue weighted by molar-refractivity contribution is 8.07. The standard InChI is InChI=1S/C8H12N2O3S2/c11-7-9-3-1-5-14-13-15-6-2-4-10-8-12/h1-6H2. The third-order valence-electron chi connectivity index (χ3n) is 1.22. The zero-order chi connectivity index (χ0) is 11.2.